The van der Waals surface area contributed by atoms with Gasteiger partial charge in [0.1, 0.15) is 10.6 Å². The van der Waals surface area contributed by atoms with Crippen molar-refractivity contribution >= 4 is 10.0 Å². The van der Waals surface area contributed by atoms with Crippen LogP contribution in [-0.4, -0.2) is 42.6 Å². The zero-order valence-corrected chi connectivity index (χ0v) is 15.3. The molecule has 1 saturated carbocycles. The third-order valence-electron chi connectivity index (χ3n) is 4.75. The van der Waals surface area contributed by atoms with Gasteiger partial charge in [-0.25, -0.2) is 17.8 Å². The van der Waals surface area contributed by atoms with E-state index in [1.807, 2.05) is 0 Å². The molecule has 3 heterocycles. The summed E-state index contributed by atoms with van der Waals surface area (Å²) in [6.45, 7) is 3.49. The van der Waals surface area contributed by atoms with Crippen LogP contribution in [0.25, 0.3) is 0 Å². The number of nitrogens with one attached hydrogen (secondary N) is 1. The summed E-state index contributed by atoms with van der Waals surface area (Å²) in [6.07, 6.45) is 2.13. The number of aromatic nitrogens is 3. The lowest BCUT2D eigenvalue weighted by molar-refractivity contribution is 0.181. The van der Waals surface area contributed by atoms with E-state index >= 15 is 0 Å². The molecule has 0 aromatic carbocycles. The lowest BCUT2D eigenvalue weighted by Crippen LogP contribution is -2.44. The molecule has 1 saturated heterocycles. The van der Waals surface area contributed by atoms with Gasteiger partial charge in [-0.2, -0.15) is 5.10 Å². The van der Waals surface area contributed by atoms with Crippen molar-refractivity contribution in [3.8, 4) is 0 Å². The van der Waals surface area contributed by atoms with Crippen molar-refractivity contribution < 1.29 is 17.7 Å². The molecule has 26 heavy (non-hydrogen) atoms. The summed E-state index contributed by atoms with van der Waals surface area (Å²) in [5.74, 6) is 0.609. The molecule has 1 aliphatic carbocycles. The first-order valence-electron chi connectivity index (χ1n) is 8.49. The fourth-order valence-corrected chi connectivity index (χ4v) is 4.87. The number of hydrogen-bond acceptors (Lipinski definition) is 7. The fraction of sp³-hybridized carbons (Fsp3) is 0.562. The highest BCUT2D eigenvalue weighted by Crippen LogP contribution is 2.38. The second-order valence-electron chi connectivity index (χ2n) is 6.80. The van der Waals surface area contributed by atoms with Crippen LogP contribution in [0.15, 0.2) is 26.3 Å². The molecule has 2 atom stereocenters. The summed E-state index contributed by atoms with van der Waals surface area (Å²) < 4.78 is 39.9. The highest BCUT2D eigenvalue weighted by molar-refractivity contribution is 7.89. The van der Waals surface area contributed by atoms with Crippen LogP contribution in [0.5, 0.6) is 0 Å². The van der Waals surface area contributed by atoms with Gasteiger partial charge < -0.3 is 9.26 Å². The molecule has 2 aliphatic rings. The van der Waals surface area contributed by atoms with Crippen LogP contribution in [-0.2, 0) is 14.8 Å². The maximum atomic E-state index is 12.8. The van der Waals surface area contributed by atoms with Gasteiger partial charge in [0.05, 0.1) is 31.0 Å². The zero-order chi connectivity index (χ0) is 18.5. The van der Waals surface area contributed by atoms with Gasteiger partial charge in [0.25, 0.3) is 5.56 Å². The number of rotatable bonds is 5. The molecule has 2 unspecified atom stereocenters. The van der Waals surface area contributed by atoms with Crippen LogP contribution >= 0.6 is 0 Å². The predicted octanol–water partition coefficient (Wildman–Crippen LogP) is 0.644. The van der Waals surface area contributed by atoms with Crippen LogP contribution in [0.3, 0.4) is 0 Å². The number of ether oxygens (including phenoxy) is 1. The van der Waals surface area contributed by atoms with Crippen LogP contribution in [0.1, 0.15) is 41.9 Å². The number of nitrogens with zero attached hydrogens (tertiary/aromatic N) is 3. The van der Waals surface area contributed by atoms with Gasteiger partial charge in [-0.15, -0.1) is 0 Å². The van der Waals surface area contributed by atoms with E-state index in [0.29, 0.717) is 5.92 Å². The number of sulfonamides is 1. The monoisotopic (exact) mass is 380 g/mol. The number of hydrogen-bond donors (Lipinski definition) is 1. The van der Waals surface area contributed by atoms with Gasteiger partial charge in [0.15, 0.2) is 5.76 Å². The maximum absolute atomic E-state index is 12.8. The van der Waals surface area contributed by atoms with Gasteiger partial charge in [-0.3, -0.25) is 4.79 Å². The second kappa shape index (κ2) is 6.29. The average molecular weight is 380 g/mol. The quantitative estimate of drug-likeness (QED) is 0.809. The molecule has 1 aliphatic heterocycles. The lowest BCUT2D eigenvalue weighted by atomic mass is 10.2. The Morgan fingerprint density at radius 1 is 1.23 bits per heavy atom. The van der Waals surface area contributed by atoms with Crippen molar-refractivity contribution in [1.82, 2.24) is 19.7 Å². The molecular formula is C16H20N4O5S. The first kappa shape index (κ1) is 17.4. The van der Waals surface area contributed by atoms with E-state index in [4.69, 9.17) is 9.26 Å². The van der Waals surface area contributed by atoms with E-state index in [9.17, 15) is 13.2 Å². The normalized spacial score (nSPS) is 23.5. The average Bonchev–Trinajstić information content (AvgIpc) is 3.24. The van der Waals surface area contributed by atoms with E-state index < -0.39 is 22.1 Å². The van der Waals surface area contributed by atoms with Crippen molar-refractivity contribution in [1.29, 1.82) is 0 Å². The Bertz CT molecular complexity index is 973. The minimum atomic E-state index is -3.86. The molecule has 2 aromatic rings. The molecule has 0 amide bonds. The highest BCUT2D eigenvalue weighted by atomic mass is 32.2. The largest absolute Gasteiger partial charge is 0.377 e. The smallest absolute Gasteiger partial charge is 0.267 e. The fourth-order valence-electron chi connectivity index (χ4n) is 3.29. The second-order valence-corrected chi connectivity index (χ2v) is 8.45. The summed E-state index contributed by atoms with van der Waals surface area (Å²) in [5.41, 5.74) is 0.881. The van der Waals surface area contributed by atoms with Gasteiger partial charge in [0.2, 0.25) is 10.0 Å². The van der Waals surface area contributed by atoms with Crippen molar-refractivity contribution in [3.05, 3.63) is 39.6 Å². The summed E-state index contributed by atoms with van der Waals surface area (Å²) in [7, 11) is -3.86. The van der Waals surface area contributed by atoms with Crippen molar-refractivity contribution in [2.75, 3.05) is 13.2 Å². The minimum absolute atomic E-state index is 0.0233. The van der Waals surface area contributed by atoms with Crippen LogP contribution in [0.4, 0.5) is 0 Å². The summed E-state index contributed by atoms with van der Waals surface area (Å²) in [5, 5.41) is 8.15. The highest BCUT2D eigenvalue weighted by Gasteiger charge is 2.37. The summed E-state index contributed by atoms with van der Waals surface area (Å²) >= 11 is 0. The standard InChI is InChI=1S/C16H20N4O5S/c1-9-16(10(2)25-18-9)26(22,23)19-13-7-24-8-14(13)20-15(21)6-5-12(17-20)11-3-4-11/h5-6,11,13-14,19H,3-4,7-8H2,1-2H3. The van der Waals surface area contributed by atoms with Crippen LogP contribution < -0.4 is 10.3 Å². The Kier molecular flexibility index (Phi) is 4.20. The third kappa shape index (κ3) is 3.08. The van der Waals surface area contributed by atoms with Gasteiger partial charge in [-0.05, 0) is 32.8 Å². The molecule has 140 valence electrons. The van der Waals surface area contributed by atoms with Crippen LogP contribution in [0.2, 0.25) is 0 Å². The van der Waals surface area contributed by atoms with Crippen molar-refractivity contribution in [2.24, 2.45) is 0 Å². The Morgan fingerprint density at radius 3 is 2.65 bits per heavy atom. The third-order valence-corrected chi connectivity index (χ3v) is 6.48. The van der Waals surface area contributed by atoms with Crippen molar-refractivity contribution in [2.45, 2.75) is 49.6 Å². The van der Waals surface area contributed by atoms with E-state index in [-0.39, 0.29) is 35.1 Å². The van der Waals surface area contributed by atoms with E-state index in [0.717, 1.165) is 18.5 Å². The zero-order valence-electron chi connectivity index (χ0n) is 14.5. The first-order chi connectivity index (χ1) is 12.4. The lowest BCUT2D eigenvalue weighted by Gasteiger charge is -2.20. The van der Waals surface area contributed by atoms with E-state index in [1.165, 1.54) is 10.7 Å². The van der Waals surface area contributed by atoms with Gasteiger partial charge in [0, 0.05) is 12.0 Å². The Balaban J connectivity index is 1.63. The summed E-state index contributed by atoms with van der Waals surface area (Å²) in [4.78, 5) is 12.3. The predicted molar refractivity (Wildman–Crippen MR) is 90.4 cm³/mol. The topological polar surface area (TPSA) is 116 Å². The Hall–Kier alpha value is -2.04. The Labute approximate surface area is 150 Å². The van der Waals surface area contributed by atoms with Gasteiger partial charge in [-0.1, -0.05) is 5.16 Å². The molecule has 2 fully saturated rings. The summed E-state index contributed by atoms with van der Waals surface area (Å²) in [6, 6.07) is 2.12. The molecule has 0 radical (unpaired) electrons. The molecule has 10 heteroatoms. The van der Waals surface area contributed by atoms with Gasteiger partial charge >= 0.3 is 0 Å². The minimum Gasteiger partial charge on any atom is -0.377 e. The van der Waals surface area contributed by atoms with E-state index in [1.54, 1.807) is 19.9 Å². The number of aryl methyl sites for hydroxylation is 2. The maximum Gasteiger partial charge on any atom is 0.267 e. The molecule has 1 N–H and O–H groups in total. The SMILES string of the molecule is Cc1noc(C)c1S(=O)(=O)NC1COCC1n1nc(C2CC2)ccc1=O. The molecule has 0 bridgehead atoms. The molecule has 0 spiro atoms. The Morgan fingerprint density at radius 2 is 2.00 bits per heavy atom. The molecule has 2 aromatic heterocycles. The van der Waals surface area contributed by atoms with Crippen LogP contribution in [0, 0.1) is 13.8 Å². The van der Waals surface area contributed by atoms with E-state index in [2.05, 4.69) is 15.0 Å². The van der Waals surface area contributed by atoms with Crippen molar-refractivity contribution in [3.63, 3.8) is 0 Å². The molecular weight excluding hydrogens is 360 g/mol. The first-order valence-corrected chi connectivity index (χ1v) is 9.98. The molecule has 4 rings (SSSR count). The molecule has 9 nitrogen and oxygen atoms in total.